The monoisotopic (exact) mass is 344 g/mol. The third-order valence-corrected chi connectivity index (χ3v) is 3.91. The number of rotatable bonds is 4. The van der Waals surface area contributed by atoms with Crippen molar-refractivity contribution >= 4 is 5.91 Å². The van der Waals surface area contributed by atoms with Crippen LogP contribution in [-0.4, -0.2) is 41.6 Å². The van der Waals surface area contributed by atoms with E-state index < -0.39 is 0 Å². The SMILES string of the molecule is CC(C)Oc1cccnc1C(=O)N1CCO[C@H](c2cccc(F)c2)C1. The molecule has 25 heavy (non-hydrogen) atoms. The van der Waals surface area contributed by atoms with Crippen LogP contribution in [-0.2, 0) is 4.74 Å². The molecule has 1 aromatic carbocycles. The first-order chi connectivity index (χ1) is 12.0. The molecule has 0 N–H and O–H groups in total. The molecule has 2 heterocycles. The lowest BCUT2D eigenvalue weighted by molar-refractivity contribution is -0.0232. The Kier molecular flexibility index (Phi) is 5.28. The summed E-state index contributed by atoms with van der Waals surface area (Å²) in [5, 5.41) is 0. The Morgan fingerprint density at radius 1 is 1.36 bits per heavy atom. The fourth-order valence-electron chi connectivity index (χ4n) is 2.79. The molecular formula is C19H21FN2O3. The molecule has 0 unspecified atom stereocenters. The van der Waals surface area contributed by atoms with Gasteiger partial charge in [0.2, 0.25) is 0 Å². The zero-order chi connectivity index (χ0) is 17.8. The summed E-state index contributed by atoms with van der Waals surface area (Å²) < 4.78 is 24.9. The molecule has 0 saturated carbocycles. The van der Waals surface area contributed by atoms with Gasteiger partial charge in [0.05, 0.1) is 19.3 Å². The maximum absolute atomic E-state index is 13.5. The summed E-state index contributed by atoms with van der Waals surface area (Å²) in [5.74, 6) is -0.0563. The average molecular weight is 344 g/mol. The van der Waals surface area contributed by atoms with E-state index in [-0.39, 0.29) is 29.6 Å². The van der Waals surface area contributed by atoms with Crippen molar-refractivity contribution in [2.45, 2.75) is 26.1 Å². The number of aromatic nitrogens is 1. The van der Waals surface area contributed by atoms with Gasteiger partial charge < -0.3 is 14.4 Å². The molecule has 6 heteroatoms. The molecule has 2 aromatic rings. The van der Waals surface area contributed by atoms with Crippen LogP contribution in [0.1, 0.15) is 36.0 Å². The summed E-state index contributed by atoms with van der Waals surface area (Å²) in [4.78, 5) is 18.8. The molecule has 1 fully saturated rings. The van der Waals surface area contributed by atoms with Crippen molar-refractivity contribution in [2.24, 2.45) is 0 Å². The topological polar surface area (TPSA) is 51.7 Å². The summed E-state index contributed by atoms with van der Waals surface area (Å²) in [6.07, 6.45) is 1.16. The van der Waals surface area contributed by atoms with E-state index in [0.29, 0.717) is 25.4 Å². The van der Waals surface area contributed by atoms with Crippen molar-refractivity contribution in [3.05, 3.63) is 59.7 Å². The van der Waals surface area contributed by atoms with Gasteiger partial charge in [-0.1, -0.05) is 12.1 Å². The highest BCUT2D eigenvalue weighted by atomic mass is 19.1. The second-order valence-corrected chi connectivity index (χ2v) is 6.18. The Morgan fingerprint density at radius 3 is 2.96 bits per heavy atom. The number of benzene rings is 1. The number of morpholine rings is 1. The fraction of sp³-hybridized carbons (Fsp3) is 0.368. The Balaban J connectivity index is 1.79. The lowest BCUT2D eigenvalue weighted by Gasteiger charge is -2.33. The highest BCUT2D eigenvalue weighted by Crippen LogP contribution is 2.25. The van der Waals surface area contributed by atoms with Crippen LogP contribution in [0.2, 0.25) is 0 Å². The van der Waals surface area contributed by atoms with Crippen LogP contribution in [0.3, 0.4) is 0 Å². The molecule has 1 aromatic heterocycles. The van der Waals surface area contributed by atoms with E-state index in [4.69, 9.17) is 9.47 Å². The predicted molar refractivity (Wildman–Crippen MR) is 91.0 cm³/mol. The zero-order valence-corrected chi connectivity index (χ0v) is 14.3. The maximum Gasteiger partial charge on any atom is 0.276 e. The smallest absolute Gasteiger partial charge is 0.276 e. The van der Waals surface area contributed by atoms with E-state index in [0.717, 1.165) is 5.56 Å². The van der Waals surface area contributed by atoms with E-state index in [1.165, 1.54) is 12.1 Å². The van der Waals surface area contributed by atoms with Gasteiger partial charge in [0, 0.05) is 12.7 Å². The minimum atomic E-state index is -0.355. The Hall–Kier alpha value is -2.47. The van der Waals surface area contributed by atoms with E-state index in [2.05, 4.69) is 4.98 Å². The van der Waals surface area contributed by atoms with E-state index in [1.807, 2.05) is 13.8 Å². The van der Waals surface area contributed by atoms with Gasteiger partial charge in [0.15, 0.2) is 11.4 Å². The van der Waals surface area contributed by atoms with Gasteiger partial charge in [-0.05, 0) is 43.7 Å². The molecule has 1 aliphatic rings. The third-order valence-electron chi connectivity index (χ3n) is 3.91. The first kappa shape index (κ1) is 17.4. The largest absolute Gasteiger partial charge is 0.489 e. The lowest BCUT2D eigenvalue weighted by Crippen LogP contribution is -2.42. The van der Waals surface area contributed by atoms with Crippen LogP contribution >= 0.6 is 0 Å². The number of pyridine rings is 1. The first-order valence-corrected chi connectivity index (χ1v) is 8.32. The molecule has 132 valence electrons. The summed E-state index contributed by atoms with van der Waals surface area (Å²) >= 11 is 0. The molecule has 0 radical (unpaired) electrons. The van der Waals surface area contributed by atoms with Crippen LogP contribution in [0.25, 0.3) is 0 Å². The minimum absolute atomic E-state index is 0.0551. The van der Waals surface area contributed by atoms with Gasteiger partial charge in [-0.15, -0.1) is 0 Å². The van der Waals surface area contributed by atoms with Gasteiger partial charge in [-0.3, -0.25) is 4.79 Å². The van der Waals surface area contributed by atoms with Crippen molar-refractivity contribution in [3.8, 4) is 5.75 Å². The minimum Gasteiger partial charge on any atom is -0.489 e. The Morgan fingerprint density at radius 2 is 2.20 bits per heavy atom. The van der Waals surface area contributed by atoms with Crippen molar-refractivity contribution < 1.29 is 18.7 Å². The highest BCUT2D eigenvalue weighted by Gasteiger charge is 2.28. The van der Waals surface area contributed by atoms with Crippen molar-refractivity contribution in [3.63, 3.8) is 0 Å². The van der Waals surface area contributed by atoms with E-state index in [9.17, 15) is 9.18 Å². The standard InChI is InChI=1S/C19H21FN2O3/c1-13(2)25-16-7-4-8-21-18(16)19(23)22-9-10-24-17(12-22)14-5-3-6-15(20)11-14/h3-8,11,13,17H,9-10,12H2,1-2H3/t17-/m0/s1. The number of carbonyl (C=O) groups excluding carboxylic acids is 1. The number of hydrogen-bond donors (Lipinski definition) is 0. The predicted octanol–water partition coefficient (Wildman–Crippen LogP) is 3.22. The highest BCUT2D eigenvalue weighted by molar-refractivity contribution is 5.95. The van der Waals surface area contributed by atoms with E-state index >= 15 is 0 Å². The maximum atomic E-state index is 13.5. The van der Waals surface area contributed by atoms with Gasteiger partial charge in [0.25, 0.3) is 5.91 Å². The Labute approximate surface area is 146 Å². The Bertz CT molecular complexity index is 751. The molecule has 0 aliphatic carbocycles. The number of ether oxygens (including phenoxy) is 2. The van der Waals surface area contributed by atoms with Crippen molar-refractivity contribution in [2.75, 3.05) is 19.7 Å². The van der Waals surface area contributed by atoms with Gasteiger partial charge in [-0.2, -0.15) is 0 Å². The number of nitrogens with zero attached hydrogens (tertiary/aromatic N) is 2. The molecular weight excluding hydrogens is 323 g/mol. The van der Waals surface area contributed by atoms with E-state index in [1.54, 1.807) is 35.4 Å². The van der Waals surface area contributed by atoms with Gasteiger partial charge in [0.1, 0.15) is 11.9 Å². The molecule has 3 rings (SSSR count). The van der Waals surface area contributed by atoms with Crippen LogP contribution in [0.4, 0.5) is 4.39 Å². The van der Waals surface area contributed by atoms with Gasteiger partial charge >= 0.3 is 0 Å². The molecule has 1 atom stereocenters. The second kappa shape index (κ2) is 7.61. The fourth-order valence-corrected chi connectivity index (χ4v) is 2.79. The average Bonchev–Trinajstić information content (AvgIpc) is 2.61. The summed E-state index contributed by atoms with van der Waals surface area (Å²) in [7, 11) is 0. The lowest BCUT2D eigenvalue weighted by atomic mass is 10.1. The van der Waals surface area contributed by atoms with Crippen LogP contribution in [0.5, 0.6) is 5.75 Å². The van der Waals surface area contributed by atoms with Crippen LogP contribution in [0, 0.1) is 5.82 Å². The van der Waals surface area contributed by atoms with Crippen LogP contribution in [0.15, 0.2) is 42.6 Å². The summed E-state index contributed by atoms with van der Waals surface area (Å²) in [6, 6.07) is 9.75. The summed E-state index contributed by atoms with van der Waals surface area (Å²) in [6.45, 7) is 4.99. The number of amides is 1. The first-order valence-electron chi connectivity index (χ1n) is 8.32. The number of hydrogen-bond acceptors (Lipinski definition) is 4. The van der Waals surface area contributed by atoms with Crippen LogP contribution < -0.4 is 4.74 Å². The molecule has 0 bridgehead atoms. The van der Waals surface area contributed by atoms with Crippen molar-refractivity contribution in [1.82, 2.24) is 9.88 Å². The summed E-state index contributed by atoms with van der Waals surface area (Å²) in [5.41, 5.74) is 1.01. The normalized spacial score (nSPS) is 17.6. The molecule has 5 nitrogen and oxygen atoms in total. The number of carbonyl (C=O) groups is 1. The third kappa shape index (κ3) is 4.14. The second-order valence-electron chi connectivity index (χ2n) is 6.18. The zero-order valence-electron chi connectivity index (χ0n) is 14.3. The van der Waals surface area contributed by atoms with Crippen molar-refractivity contribution in [1.29, 1.82) is 0 Å². The quantitative estimate of drug-likeness (QED) is 0.854. The molecule has 0 spiro atoms. The number of halogens is 1. The molecule has 1 amide bonds. The van der Waals surface area contributed by atoms with Gasteiger partial charge in [-0.25, -0.2) is 9.37 Å². The molecule has 1 aliphatic heterocycles. The molecule has 1 saturated heterocycles.